The van der Waals surface area contributed by atoms with E-state index in [1.807, 2.05) is 24.3 Å². The van der Waals surface area contributed by atoms with Crippen LogP contribution in [-0.4, -0.2) is 15.9 Å². The summed E-state index contributed by atoms with van der Waals surface area (Å²) in [5.74, 6) is -0.0982. The lowest BCUT2D eigenvalue weighted by Crippen LogP contribution is -2.33. The maximum atomic E-state index is 12.1. The van der Waals surface area contributed by atoms with Gasteiger partial charge in [0.1, 0.15) is 5.02 Å². The maximum Gasteiger partial charge on any atom is 0.288 e. The molecule has 2 aromatic rings. The summed E-state index contributed by atoms with van der Waals surface area (Å²) in [7, 11) is 0. The first kappa shape index (κ1) is 21.5. The summed E-state index contributed by atoms with van der Waals surface area (Å²) < 4.78 is 0. The Labute approximate surface area is 173 Å². The molecule has 0 aromatic heterocycles. The fourth-order valence-electron chi connectivity index (χ4n) is 2.51. The molecular weight excluding hydrogens is 398 g/mol. The zero-order valence-electron chi connectivity index (χ0n) is 15.4. The van der Waals surface area contributed by atoms with Crippen molar-refractivity contribution < 1.29 is 9.72 Å². The molecule has 1 atom stereocenters. The molecule has 0 saturated carbocycles. The monoisotopic (exact) mass is 417 g/mol. The van der Waals surface area contributed by atoms with Gasteiger partial charge in [0, 0.05) is 17.8 Å². The highest BCUT2D eigenvalue weighted by atomic mass is 35.5. The van der Waals surface area contributed by atoms with Gasteiger partial charge in [-0.1, -0.05) is 49.7 Å². The van der Waals surface area contributed by atoms with Gasteiger partial charge < -0.3 is 5.32 Å². The van der Waals surface area contributed by atoms with Crippen molar-refractivity contribution in [1.29, 1.82) is 0 Å². The van der Waals surface area contributed by atoms with Crippen molar-refractivity contribution in [3.63, 3.8) is 0 Å². The van der Waals surface area contributed by atoms with E-state index < -0.39 is 10.8 Å². The third-order valence-corrected chi connectivity index (χ3v) is 4.71. The Bertz CT molecular complexity index is 931. The van der Waals surface area contributed by atoms with E-state index in [0.717, 1.165) is 17.7 Å². The molecule has 146 valence electrons. The summed E-state index contributed by atoms with van der Waals surface area (Å²) in [5.41, 5.74) is 2.22. The second kappa shape index (κ2) is 9.96. The Morgan fingerprint density at radius 2 is 2.04 bits per heavy atom. The molecule has 8 heteroatoms. The number of para-hydroxylation sites is 1. The standard InChI is InChI=1S/C20H20ClN3O3S/c1-3-13(2)15-6-4-5-7-17(15)22-20(28)23-19(25)11-9-14-8-10-16(21)18(12-14)24(26)27/h4-13H,3H2,1-2H3,(H2,22,23,25,28)/b11-9+/t13-/m1/s1. The molecule has 0 radical (unpaired) electrons. The number of nitrogens with one attached hydrogen (secondary N) is 2. The first-order valence-corrected chi connectivity index (χ1v) is 9.43. The number of rotatable bonds is 6. The molecule has 1 amide bonds. The number of carbonyl (C=O) groups is 1. The number of carbonyl (C=O) groups excluding carboxylic acids is 1. The van der Waals surface area contributed by atoms with Gasteiger partial charge in [-0.2, -0.15) is 0 Å². The van der Waals surface area contributed by atoms with Crippen LogP contribution in [0.25, 0.3) is 6.08 Å². The molecule has 0 aliphatic rings. The second-order valence-corrected chi connectivity index (χ2v) is 6.96. The number of halogens is 1. The van der Waals surface area contributed by atoms with Crippen molar-refractivity contribution in [2.75, 3.05) is 5.32 Å². The topological polar surface area (TPSA) is 84.3 Å². The van der Waals surface area contributed by atoms with Gasteiger partial charge in [-0.15, -0.1) is 0 Å². The molecular formula is C20H20ClN3O3S. The van der Waals surface area contributed by atoms with Crippen molar-refractivity contribution >= 4 is 52.3 Å². The van der Waals surface area contributed by atoms with E-state index in [1.165, 1.54) is 24.3 Å². The molecule has 2 N–H and O–H groups in total. The van der Waals surface area contributed by atoms with Gasteiger partial charge >= 0.3 is 0 Å². The van der Waals surface area contributed by atoms with Gasteiger partial charge in [0.15, 0.2) is 5.11 Å². The number of hydrogen-bond acceptors (Lipinski definition) is 4. The Hall–Kier alpha value is -2.77. The SMILES string of the molecule is CC[C@@H](C)c1ccccc1NC(=S)NC(=O)/C=C/c1ccc(Cl)c([N+](=O)[O-])c1. The number of hydrogen-bond donors (Lipinski definition) is 2. The van der Waals surface area contributed by atoms with Crippen LogP contribution in [0.4, 0.5) is 11.4 Å². The van der Waals surface area contributed by atoms with E-state index in [1.54, 1.807) is 6.07 Å². The van der Waals surface area contributed by atoms with Crippen LogP contribution in [0.15, 0.2) is 48.5 Å². The number of nitrogens with zero attached hydrogens (tertiary/aromatic N) is 1. The Kier molecular flexibility index (Phi) is 7.66. The van der Waals surface area contributed by atoms with E-state index in [2.05, 4.69) is 24.5 Å². The van der Waals surface area contributed by atoms with Crippen LogP contribution in [0.1, 0.15) is 37.3 Å². The summed E-state index contributed by atoms with van der Waals surface area (Å²) in [6.07, 6.45) is 3.68. The predicted octanol–water partition coefficient (Wildman–Crippen LogP) is 5.29. The fourth-order valence-corrected chi connectivity index (χ4v) is 2.91. The fraction of sp³-hybridized carbons (Fsp3) is 0.200. The van der Waals surface area contributed by atoms with Crippen LogP contribution in [0.3, 0.4) is 0 Å². The van der Waals surface area contributed by atoms with Gasteiger partial charge in [-0.25, -0.2) is 0 Å². The highest BCUT2D eigenvalue weighted by molar-refractivity contribution is 7.80. The molecule has 0 bridgehead atoms. The Balaban J connectivity index is 2.02. The third-order valence-electron chi connectivity index (χ3n) is 4.18. The van der Waals surface area contributed by atoms with E-state index in [9.17, 15) is 14.9 Å². The van der Waals surface area contributed by atoms with E-state index in [0.29, 0.717) is 11.5 Å². The number of nitro groups is 1. The average molecular weight is 418 g/mol. The predicted molar refractivity (Wildman–Crippen MR) is 117 cm³/mol. The summed E-state index contributed by atoms with van der Waals surface area (Å²) >= 11 is 11.0. The number of anilines is 1. The summed E-state index contributed by atoms with van der Waals surface area (Å²) in [4.78, 5) is 22.4. The lowest BCUT2D eigenvalue weighted by Gasteiger charge is -2.16. The van der Waals surface area contributed by atoms with E-state index in [4.69, 9.17) is 23.8 Å². The first-order valence-electron chi connectivity index (χ1n) is 8.64. The van der Waals surface area contributed by atoms with Crippen molar-refractivity contribution in [3.05, 3.63) is 74.8 Å². The number of nitro benzene ring substituents is 1. The Morgan fingerprint density at radius 1 is 1.32 bits per heavy atom. The van der Waals surface area contributed by atoms with Gasteiger partial charge in [0.05, 0.1) is 4.92 Å². The first-order chi connectivity index (χ1) is 13.3. The maximum absolute atomic E-state index is 12.1. The van der Waals surface area contributed by atoms with Gasteiger partial charge in [0.25, 0.3) is 5.69 Å². The molecule has 28 heavy (non-hydrogen) atoms. The van der Waals surface area contributed by atoms with Gasteiger partial charge in [-0.3, -0.25) is 20.2 Å². The molecule has 2 rings (SSSR count). The van der Waals surface area contributed by atoms with Crippen molar-refractivity contribution in [2.24, 2.45) is 0 Å². The summed E-state index contributed by atoms with van der Waals surface area (Å²) in [6.45, 7) is 4.23. The van der Waals surface area contributed by atoms with Gasteiger partial charge in [0.2, 0.25) is 5.91 Å². The molecule has 2 aromatic carbocycles. The van der Waals surface area contributed by atoms with Crippen LogP contribution in [0, 0.1) is 10.1 Å². The largest absolute Gasteiger partial charge is 0.332 e. The van der Waals surface area contributed by atoms with E-state index in [-0.39, 0.29) is 15.8 Å². The lowest BCUT2D eigenvalue weighted by atomic mass is 9.97. The number of amides is 1. The Morgan fingerprint density at radius 3 is 2.71 bits per heavy atom. The zero-order valence-corrected chi connectivity index (χ0v) is 17.0. The normalized spacial score (nSPS) is 11.8. The van der Waals surface area contributed by atoms with Crippen molar-refractivity contribution in [1.82, 2.24) is 5.32 Å². The zero-order chi connectivity index (χ0) is 20.7. The van der Waals surface area contributed by atoms with Crippen LogP contribution in [0.2, 0.25) is 5.02 Å². The van der Waals surface area contributed by atoms with Gasteiger partial charge in [-0.05, 0) is 53.9 Å². The smallest absolute Gasteiger partial charge is 0.288 e. The van der Waals surface area contributed by atoms with Crippen molar-refractivity contribution in [3.8, 4) is 0 Å². The average Bonchev–Trinajstić information content (AvgIpc) is 2.66. The van der Waals surface area contributed by atoms with E-state index >= 15 is 0 Å². The minimum Gasteiger partial charge on any atom is -0.332 e. The quantitative estimate of drug-likeness (QED) is 0.289. The molecule has 0 aliphatic carbocycles. The molecule has 0 saturated heterocycles. The van der Waals surface area contributed by atoms with Crippen LogP contribution in [0.5, 0.6) is 0 Å². The second-order valence-electron chi connectivity index (χ2n) is 6.14. The molecule has 0 fully saturated rings. The molecule has 0 heterocycles. The minimum atomic E-state index is -0.576. The highest BCUT2D eigenvalue weighted by Gasteiger charge is 2.12. The summed E-state index contributed by atoms with van der Waals surface area (Å²) in [6, 6.07) is 12.1. The van der Waals surface area contributed by atoms with Crippen LogP contribution >= 0.6 is 23.8 Å². The highest BCUT2D eigenvalue weighted by Crippen LogP contribution is 2.27. The summed E-state index contributed by atoms with van der Waals surface area (Å²) in [5, 5.41) is 16.7. The number of thiocarbonyl (C=S) groups is 1. The van der Waals surface area contributed by atoms with Crippen molar-refractivity contribution in [2.45, 2.75) is 26.2 Å². The third kappa shape index (κ3) is 5.87. The molecule has 6 nitrogen and oxygen atoms in total. The number of benzene rings is 2. The molecule has 0 unspecified atom stereocenters. The lowest BCUT2D eigenvalue weighted by molar-refractivity contribution is -0.384. The molecule has 0 aliphatic heterocycles. The van der Waals surface area contributed by atoms with Crippen LogP contribution in [-0.2, 0) is 4.79 Å². The molecule has 0 spiro atoms. The minimum absolute atomic E-state index is 0.0388. The van der Waals surface area contributed by atoms with Crippen LogP contribution < -0.4 is 10.6 Å².